The van der Waals surface area contributed by atoms with Crippen molar-refractivity contribution in [1.82, 2.24) is 9.97 Å². The molecule has 0 saturated carbocycles. The Labute approximate surface area is 117 Å². The smallest absolute Gasteiger partial charge is 0.188 e. The average Bonchev–Trinajstić information content (AvgIpc) is 2.79. The van der Waals surface area contributed by atoms with E-state index < -0.39 is 0 Å². The molecule has 0 bridgehead atoms. The molecule has 0 radical (unpaired) electrons. The van der Waals surface area contributed by atoms with Gasteiger partial charge in [-0.25, -0.2) is 4.98 Å². The van der Waals surface area contributed by atoms with Gasteiger partial charge in [0.1, 0.15) is 5.15 Å². The second kappa shape index (κ2) is 4.72. The molecule has 0 aliphatic carbocycles. The molecule has 0 aliphatic rings. The first-order valence-corrected chi connectivity index (χ1v) is 6.79. The van der Waals surface area contributed by atoms with Crippen molar-refractivity contribution in [3.05, 3.63) is 46.0 Å². The van der Waals surface area contributed by atoms with E-state index in [1.54, 1.807) is 11.6 Å². The standard InChI is InChI=1S/C12H7Cl2N3S/c13-8-3-4-9(11-7(8)2-1-5-15-11)16-12-17-10(14)6-18-12/h1-6H,(H,16,17). The van der Waals surface area contributed by atoms with Crippen LogP contribution in [-0.2, 0) is 0 Å². The molecule has 0 aliphatic heterocycles. The van der Waals surface area contributed by atoms with Crippen LogP contribution in [0.25, 0.3) is 10.9 Å². The fraction of sp³-hybridized carbons (Fsp3) is 0. The molecule has 0 spiro atoms. The summed E-state index contributed by atoms with van der Waals surface area (Å²) in [6, 6.07) is 7.51. The average molecular weight is 296 g/mol. The predicted molar refractivity (Wildman–Crippen MR) is 77.2 cm³/mol. The van der Waals surface area contributed by atoms with Gasteiger partial charge in [-0.1, -0.05) is 23.2 Å². The lowest BCUT2D eigenvalue weighted by atomic mass is 10.2. The minimum Gasteiger partial charge on any atom is -0.330 e. The zero-order chi connectivity index (χ0) is 12.5. The van der Waals surface area contributed by atoms with Crippen molar-refractivity contribution >= 4 is 56.3 Å². The molecule has 90 valence electrons. The van der Waals surface area contributed by atoms with Gasteiger partial charge in [0.2, 0.25) is 0 Å². The number of fused-ring (bicyclic) bond motifs is 1. The molecular weight excluding hydrogens is 289 g/mol. The molecule has 0 amide bonds. The Kier molecular flexibility index (Phi) is 3.07. The first kappa shape index (κ1) is 11.7. The van der Waals surface area contributed by atoms with Gasteiger partial charge in [0.15, 0.2) is 5.13 Å². The summed E-state index contributed by atoms with van der Waals surface area (Å²) in [4.78, 5) is 8.49. The fourth-order valence-electron chi connectivity index (χ4n) is 1.67. The minimum atomic E-state index is 0.480. The summed E-state index contributed by atoms with van der Waals surface area (Å²) in [6.07, 6.45) is 1.73. The number of hydrogen-bond acceptors (Lipinski definition) is 4. The van der Waals surface area contributed by atoms with Gasteiger partial charge in [0.25, 0.3) is 0 Å². The Hall–Kier alpha value is -1.36. The Balaban J connectivity index is 2.09. The number of nitrogens with zero attached hydrogens (tertiary/aromatic N) is 2. The van der Waals surface area contributed by atoms with Crippen molar-refractivity contribution in [3.63, 3.8) is 0 Å². The molecule has 3 rings (SSSR count). The number of halogens is 2. The zero-order valence-electron chi connectivity index (χ0n) is 9.02. The summed E-state index contributed by atoms with van der Waals surface area (Å²) in [5.41, 5.74) is 1.68. The van der Waals surface area contributed by atoms with Gasteiger partial charge in [-0.05, 0) is 24.3 Å². The van der Waals surface area contributed by atoms with Crippen LogP contribution >= 0.6 is 34.5 Å². The summed E-state index contributed by atoms with van der Waals surface area (Å²) < 4.78 is 0. The maximum absolute atomic E-state index is 6.13. The van der Waals surface area contributed by atoms with Crippen LogP contribution < -0.4 is 5.32 Å². The summed E-state index contributed by atoms with van der Waals surface area (Å²) in [7, 11) is 0. The van der Waals surface area contributed by atoms with Crippen LogP contribution in [0, 0.1) is 0 Å². The van der Waals surface area contributed by atoms with Crippen molar-refractivity contribution in [3.8, 4) is 0 Å². The van der Waals surface area contributed by atoms with Gasteiger partial charge in [0, 0.05) is 17.0 Å². The van der Waals surface area contributed by atoms with Crippen molar-refractivity contribution in [2.24, 2.45) is 0 Å². The van der Waals surface area contributed by atoms with Crippen LogP contribution in [0.4, 0.5) is 10.8 Å². The molecule has 0 saturated heterocycles. The highest BCUT2D eigenvalue weighted by Crippen LogP contribution is 2.31. The third-order valence-corrected chi connectivity index (χ3v) is 3.84. The van der Waals surface area contributed by atoms with Crippen LogP contribution in [0.2, 0.25) is 10.2 Å². The predicted octanol–water partition coefficient (Wildman–Crippen LogP) is 4.74. The molecule has 0 unspecified atom stereocenters. The van der Waals surface area contributed by atoms with Crippen molar-refractivity contribution in [2.45, 2.75) is 0 Å². The third-order valence-electron chi connectivity index (χ3n) is 2.43. The summed E-state index contributed by atoms with van der Waals surface area (Å²) in [5, 5.41) is 7.77. The van der Waals surface area contributed by atoms with E-state index in [0.29, 0.717) is 10.2 Å². The summed E-state index contributed by atoms with van der Waals surface area (Å²) in [5.74, 6) is 0. The van der Waals surface area contributed by atoms with Crippen LogP contribution in [-0.4, -0.2) is 9.97 Å². The number of pyridine rings is 1. The zero-order valence-corrected chi connectivity index (χ0v) is 11.4. The van der Waals surface area contributed by atoms with E-state index in [1.165, 1.54) is 11.3 Å². The van der Waals surface area contributed by atoms with Gasteiger partial charge >= 0.3 is 0 Å². The maximum atomic E-state index is 6.13. The maximum Gasteiger partial charge on any atom is 0.188 e. The first-order valence-electron chi connectivity index (χ1n) is 5.15. The van der Waals surface area contributed by atoms with Crippen molar-refractivity contribution < 1.29 is 0 Å². The van der Waals surface area contributed by atoms with E-state index in [2.05, 4.69) is 15.3 Å². The molecular formula is C12H7Cl2N3S. The number of benzene rings is 1. The second-order valence-corrected chi connectivity index (χ2v) is 5.25. The Morgan fingerprint density at radius 2 is 2.06 bits per heavy atom. The molecule has 1 aromatic carbocycles. The summed E-state index contributed by atoms with van der Waals surface area (Å²) in [6.45, 7) is 0. The van der Waals surface area contributed by atoms with Crippen molar-refractivity contribution in [1.29, 1.82) is 0 Å². The number of nitrogens with one attached hydrogen (secondary N) is 1. The van der Waals surface area contributed by atoms with E-state index >= 15 is 0 Å². The molecule has 1 N–H and O–H groups in total. The van der Waals surface area contributed by atoms with Crippen LogP contribution in [0.5, 0.6) is 0 Å². The van der Waals surface area contributed by atoms with Gasteiger partial charge < -0.3 is 5.32 Å². The normalized spacial score (nSPS) is 10.8. The lowest BCUT2D eigenvalue weighted by Crippen LogP contribution is -1.92. The topological polar surface area (TPSA) is 37.8 Å². The monoisotopic (exact) mass is 295 g/mol. The van der Waals surface area contributed by atoms with Gasteiger partial charge in [0.05, 0.1) is 16.2 Å². The third kappa shape index (κ3) is 2.14. The second-order valence-electron chi connectivity index (χ2n) is 3.59. The van der Waals surface area contributed by atoms with Gasteiger partial charge in [-0.15, -0.1) is 11.3 Å². The molecule has 3 nitrogen and oxygen atoms in total. The largest absolute Gasteiger partial charge is 0.330 e. The van der Waals surface area contributed by atoms with Crippen molar-refractivity contribution in [2.75, 3.05) is 5.32 Å². The minimum absolute atomic E-state index is 0.480. The fourth-order valence-corrected chi connectivity index (χ4v) is 2.73. The number of hydrogen-bond donors (Lipinski definition) is 1. The van der Waals surface area contributed by atoms with Gasteiger partial charge in [-0.2, -0.15) is 0 Å². The van der Waals surface area contributed by atoms with E-state index in [9.17, 15) is 0 Å². The number of rotatable bonds is 2. The van der Waals surface area contributed by atoms with Gasteiger partial charge in [-0.3, -0.25) is 4.98 Å². The van der Waals surface area contributed by atoms with E-state index in [0.717, 1.165) is 21.7 Å². The molecule has 2 aromatic heterocycles. The SMILES string of the molecule is Clc1csc(Nc2ccc(Cl)c3cccnc23)n1. The first-order chi connectivity index (χ1) is 8.74. The molecule has 18 heavy (non-hydrogen) atoms. The number of anilines is 2. The number of thiazole rings is 1. The highest BCUT2D eigenvalue weighted by atomic mass is 35.5. The Morgan fingerprint density at radius 3 is 2.83 bits per heavy atom. The van der Waals surface area contributed by atoms with Crippen LogP contribution in [0.1, 0.15) is 0 Å². The quantitative estimate of drug-likeness (QED) is 0.742. The molecule has 0 atom stereocenters. The number of aromatic nitrogens is 2. The van der Waals surface area contributed by atoms with E-state index in [1.807, 2.05) is 24.3 Å². The molecule has 0 fully saturated rings. The highest BCUT2D eigenvalue weighted by Gasteiger charge is 2.07. The Morgan fingerprint density at radius 1 is 1.17 bits per heavy atom. The molecule has 3 aromatic rings. The molecule has 6 heteroatoms. The van der Waals surface area contributed by atoms with E-state index in [4.69, 9.17) is 23.2 Å². The lowest BCUT2D eigenvalue weighted by molar-refractivity contribution is 1.37. The van der Waals surface area contributed by atoms with E-state index in [-0.39, 0.29) is 0 Å². The lowest BCUT2D eigenvalue weighted by Gasteiger charge is -2.07. The highest BCUT2D eigenvalue weighted by molar-refractivity contribution is 7.14. The van der Waals surface area contributed by atoms with Crippen LogP contribution in [0.3, 0.4) is 0 Å². The summed E-state index contributed by atoms with van der Waals surface area (Å²) >= 11 is 13.4. The van der Waals surface area contributed by atoms with Crippen LogP contribution in [0.15, 0.2) is 35.8 Å². The molecule has 2 heterocycles. The Bertz CT molecular complexity index is 711.